The van der Waals surface area contributed by atoms with Crippen LogP contribution in [0.25, 0.3) is 0 Å². The number of nitrogens with one attached hydrogen (secondary N) is 1. The maximum Gasteiger partial charge on any atom is 0.119 e. The van der Waals surface area contributed by atoms with Crippen molar-refractivity contribution < 1.29 is 9.84 Å². The number of hydrogen-bond donors (Lipinski definition) is 2. The molecule has 0 aliphatic heterocycles. The van der Waals surface area contributed by atoms with Gasteiger partial charge in [0.25, 0.3) is 0 Å². The summed E-state index contributed by atoms with van der Waals surface area (Å²) in [7, 11) is 0. The molecule has 1 aromatic rings. The molecule has 0 bridgehead atoms. The fourth-order valence-electron chi connectivity index (χ4n) is 2.10. The summed E-state index contributed by atoms with van der Waals surface area (Å²) < 4.78 is 5.61. The molecule has 1 rings (SSSR count). The van der Waals surface area contributed by atoms with Crippen LogP contribution in [0.2, 0.25) is 0 Å². The van der Waals surface area contributed by atoms with Crippen LogP contribution in [0.5, 0.6) is 5.75 Å². The van der Waals surface area contributed by atoms with Crippen LogP contribution in [0.4, 0.5) is 0 Å². The summed E-state index contributed by atoms with van der Waals surface area (Å²) in [6.45, 7) is 9.67. The van der Waals surface area contributed by atoms with E-state index in [1.807, 2.05) is 12.1 Å². The normalized spacial score (nSPS) is 14.2. The van der Waals surface area contributed by atoms with Crippen molar-refractivity contribution in [3.8, 4) is 5.75 Å². The lowest BCUT2D eigenvalue weighted by molar-refractivity contribution is 0.103. The number of benzene rings is 1. The summed E-state index contributed by atoms with van der Waals surface area (Å²) in [5, 5.41) is 13.3. The molecule has 0 spiro atoms. The summed E-state index contributed by atoms with van der Waals surface area (Å²) in [6.07, 6.45) is 2.91. The molecule has 0 saturated carbocycles. The van der Waals surface area contributed by atoms with Crippen molar-refractivity contribution in [3.05, 3.63) is 29.8 Å². The van der Waals surface area contributed by atoms with Crippen molar-refractivity contribution in [1.29, 1.82) is 0 Å². The Morgan fingerprint density at radius 3 is 2.33 bits per heavy atom. The Bertz CT molecular complexity index is 375. The Morgan fingerprint density at radius 2 is 1.76 bits per heavy atom. The van der Waals surface area contributed by atoms with Gasteiger partial charge < -0.3 is 15.2 Å². The molecule has 2 atom stereocenters. The Labute approximate surface area is 129 Å². The molecule has 0 aliphatic carbocycles. The van der Waals surface area contributed by atoms with Crippen LogP contribution < -0.4 is 10.1 Å². The third-order valence-corrected chi connectivity index (χ3v) is 3.65. The molecule has 3 nitrogen and oxygen atoms in total. The van der Waals surface area contributed by atoms with Crippen molar-refractivity contribution in [3.63, 3.8) is 0 Å². The first-order valence-electron chi connectivity index (χ1n) is 8.14. The standard InChI is InChI=1S/C18H31NO2/c1-5-16-8-10-18(11-9-16)21-13-17(20)12-19-15(4)7-6-14(2)3/h8-11,14-15,17,19-20H,5-7,12-13H2,1-4H3. The monoisotopic (exact) mass is 293 g/mol. The number of ether oxygens (including phenoxy) is 1. The smallest absolute Gasteiger partial charge is 0.119 e. The van der Waals surface area contributed by atoms with Crippen molar-refractivity contribution in [1.82, 2.24) is 5.32 Å². The molecule has 2 unspecified atom stereocenters. The number of aliphatic hydroxyl groups is 1. The lowest BCUT2D eigenvalue weighted by atomic mass is 10.0. The van der Waals surface area contributed by atoms with Gasteiger partial charge in [0, 0.05) is 12.6 Å². The van der Waals surface area contributed by atoms with E-state index in [0.717, 1.165) is 24.5 Å². The third kappa shape index (κ3) is 8.08. The summed E-state index contributed by atoms with van der Waals surface area (Å²) in [5.41, 5.74) is 1.29. The van der Waals surface area contributed by atoms with E-state index in [-0.39, 0.29) is 0 Å². The minimum Gasteiger partial charge on any atom is -0.491 e. The Hall–Kier alpha value is -1.06. The molecule has 0 amide bonds. The van der Waals surface area contributed by atoms with Gasteiger partial charge in [-0.05, 0) is 49.8 Å². The van der Waals surface area contributed by atoms with Gasteiger partial charge in [-0.25, -0.2) is 0 Å². The van der Waals surface area contributed by atoms with E-state index in [1.165, 1.54) is 12.0 Å². The molecular formula is C18H31NO2. The van der Waals surface area contributed by atoms with Gasteiger partial charge in [0.05, 0.1) is 0 Å². The van der Waals surface area contributed by atoms with Crippen LogP contribution in [0.3, 0.4) is 0 Å². The van der Waals surface area contributed by atoms with Gasteiger partial charge in [0.2, 0.25) is 0 Å². The highest BCUT2D eigenvalue weighted by atomic mass is 16.5. The maximum atomic E-state index is 9.95. The van der Waals surface area contributed by atoms with Gasteiger partial charge in [-0.3, -0.25) is 0 Å². The summed E-state index contributed by atoms with van der Waals surface area (Å²) in [5.74, 6) is 1.55. The predicted molar refractivity (Wildman–Crippen MR) is 88.9 cm³/mol. The molecule has 0 saturated heterocycles. The Balaban J connectivity index is 2.19. The van der Waals surface area contributed by atoms with E-state index >= 15 is 0 Å². The van der Waals surface area contributed by atoms with Crippen LogP contribution in [0, 0.1) is 5.92 Å². The van der Waals surface area contributed by atoms with Gasteiger partial charge in [-0.1, -0.05) is 32.9 Å². The van der Waals surface area contributed by atoms with E-state index in [2.05, 4.69) is 45.1 Å². The van der Waals surface area contributed by atoms with Gasteiger partial charge in [0.15, 0.2) is 0 Å². The summed E-state index contributed by atoms with van der Waals surface area (Å²) in [6, 6.07) is 8.49. The SMILES string of the molecule is CCc1ccc(OCC(O)CNC(C)CCC(C)C)cc1. The van der Waals surface area contributed by atoms with Gasteiger partial charge >= 0.3 is 0 Å². The fraction of sp³-hybridized carbons (Fsp3) is 0.667. The average molecular weight is 293 g/mol. The van der Waals surface area contributed by atoms with Crippen LogP contribution >= 0.6 is 0 Å². The Kier molecular flexibility index (Phi) is 8.40. The second kappa shape index (κ2) is 9.80. The lowest BCUT2D eigenvalue weighted by Crippen LogP contribution is -2.36. The predicted octanol–water partition coefficient (Wildman–Crippen LogP) is 3.40. The topological polar surface area (TPSA) is 41.5 Å². The van der Waals surface area contributed by atoms with Gasteiger partial charge in [-0.2, -0.15) is 0 Å². The van der Waals surface area contributed by atoms with Crippen molar-refractivity contribution >= 4 is 0 Å². The van der Waals surface area contributed by atoms with E-state index in [0.29, 0.717) is 19.2 Å². The Morgan fingerprint density at radius 1 is 1.10 bits per heavy atom. The molecular weight excluding hydrogens is 262 g/mol. The second-order valence-electron chi connectivity index (χ2n) is 6.24. The van der Waals surface area contributed by atoms with Crippen LogP contribution in [-0.2, 0) is 6.42 Å². The van der Waals surface area contributed by atoms with Crippen LogP contribution in [-0.4, -0.2) is 30.4 Å². The maximum absolute atomic E-state index is 9.95. The highest BCUT2D eigenvalue weighted by Gasteiger charge is 2.08. The zero-order valence-electron chi connectivity index (χ0n) is 13.9. The van der Waals surface area contributed by atoms with Crippen LogP contribution in [0.1, 0.15) is 46.1 Å². The summed E-state index contributed by atoms with van der Waals surface area (Å²) in [4.78, 5) is 0. The molecule has 21 heavy (non-hydrogen) atoms. The van der Waals surface area contributed by atoms with Crippen molar-refractivity contribution in [2.45, 2.75) is 59.1 Å². The highest BCUT2D eigenvalue weighted by molar-refractivity contribution is 5.27. The zero-order valence-corrected chi connectivity index (χ0v) is 13.9. The largest absolute Gasteiger partial charge is 0.491 e. The molecule has 0 aromatic heterocycles. The van der Waals surface area contributed by atoms with E-state index in [1.54, 1.807) is 0 Å². The number of aryl methyl sites for hydroxylation is 1. The van der Waals surface area contributed by atoms with Crippen molar-refractivity contribution in [2.75, 3.05) is 13.2 Å². The fourth-order valence-corrected chi connectivity index (χ4v) is 2.10. The minimum atomic E-state index is -0.475. The second-order valence-corrected chi connectivity index (χ2v) is 6.24. The zero-order chi connectivity index (χ0) is 15.7. The average Bonchev–Trinajstić information content (AvgIpc) is 2.49. The van der Waals surface area contributed by atoms with E-state index in [4.69, 9.17) is 4.74 Å². The molecule has 3 heteroatoms. The number of aliphatic hydroxyl groups excluding tert-OH is 1. The molecule has 0 aliphatic rings. The minimum absolute atomic E-state index is 0.329. The number of hydrogen-bond acceptors (Lipinski definition) is 3. The quantitative estimate of drug-likeness (QED) is 0.694. The molecule has 120 valence electrons. The first-order chi connectivity index (χ1) is 10.0. The van der Waals surface area contributed by atoms with Crippen LogP contribution in [0.15, 0.2) is 24.3 Å². The van der Waals surface area contributed by atoms with E-state index < -0.39 is 6.10 Å². The highest BCUT2D eigenvalue weighted by Crippen LogP contribution is 2.12. The first-order valence-corrected chi connectivity index (χ1v) is 8.14. The van der Waals surface area contributed by atoms with Crippen molar-refractivity contribution in [2.24, 2.45) is 5.92 Å². The molecule has 2 N–H and O–H groups in total. The van der Waals surface area contributed by atoms with Gasteiger partial charge in [-0.15, -0.1) is 0 Å². The molecule has 0 heterocycles. The molecule has 1 aromatic carbocycles. The number of rotatable bonds is 10. The lowest BCUT2D eigenvalue weighted by Gasteiger charge is -2.18. The molecule has 0 radical (unpaired) electrons. The summed E-state index contributed by atoms with van der Waals surface area (Å²) >= 11 is 0. The van der Waals surface area contributed by atoms with E-state index in [9.17, 15) is 5.11 Å². The molecule has 0 fully saturated rings. The third-order valence-electron chi connectivity index (χ3n) is 3.65. The van der Waals surface area contributed by atoms with Gasteiger partial charge in [0.1, 0.15) is 18.5 Å². The first kappa shape index (κ1) is 18.0.